The van der Waals surface area contributed by atoms with Crippen LogP contribution in [0.3, 0.4) is 0 Å². The van der Waals surface area contributed by atoms with Crippen molar-refractivity contribution in [2.45, 2.75) is 45.4 Å². The van der Waals surface area contributed by atoms with Crippen molar-refractivity contribution in [3.63, 3.8) is 0 Å². The Morgan fingerprint density at radius 1 is 1.16 bits per heavy atom. The van der Waals surface area contributed by atoms with Gasteiger partial charge in [-0.3, -0.25) is 4.79 Å². The molecule has 4 rings (SSSR count). The SMILES string of the molecule is Cc1cc(=O)oc2cc(O[C@H](C)C(=O)NC3CC[NH+](Cc4ccccc4)CC3)ccc12. The number of benzene rings is 2. The zero-order valence-electron chi connectivity index (χ0n) is 18.0. The maximum absolute atomic E-state index is 12.6. The molecule has 1 atom stereocenters. The molecule has 1 aliphatic rings. The third kappa shape index (κ3) is 5.33. The number of quaternary nitrogens is 1. The van der Waals surface area contributed by atoms with Gasteiger partial charge in [-0.2, -0.15) is 0 Å². The summed E-state index contributed by atoms with van der Waals surface area (Å²) in [5.41, 5.74) is 2.27. The van der Waals surface area contributed by atoms with Crippen molar-refractivity contribution in [2.24, 2.45) is 0 Å². The maximum atomic E-state index is 12.6. The van der Waals surface area contributed by atoms with Gasteiger partial charge in [-0.25, -0.2) is 4.79 Å². The minimum atomic E-state index is -0.635. The van der Waals surface area contributed by atoms with Crippen LogP contribution >= 0.6 is 0 Å². The molecule has 2 aromatic carbocycles. The van der Waals surface area contributed by atoms with Gasteiger partial charge < -0.3 is 19.4 Å². The topological polar surface area (TPSA) is 73.0 Å². The zero-order chi connectivity index (χ0) is 21.8. The zero-order valence-corrected chi connectivity index (χ0v) is 18.0. The molecule has 0 radical (unpaired) electrons. The highest BCUT2D eigenvalue weighted by atomic mass is 16.5. The van der Waals surface area contributed by atoms with Crippen molar-refractivity contribution in [2.75, 3.05) is 13.1 Å². The van der Waals surface area contributed by atoms with Crippen molar-refractivity contribution in [3.8, 4) is 5.75 Å². The first-order valence-corrected chi connectivity index (χ1v) is 10.9. The summed E-state index contributed by atoms with van der Waals surface area (Å²) < 4.78 is 11.1. The van der Waals surface area contributed by atoms with Crippen LogP contribution in [-0.2, 0) is 11.3 Å². The highest BCUT2D eigenvalue weighted by molar-refractivity contribution is 5.82. The Labute approximate surface area is 181 Å². The third-order valence-electron chi connectivity index (χ3n) is 5.94. The van der Waals surface area contributed by atoms with Crippen LogP contribution in [0.15, 0.2) is 63.8 Å². The molecule has 1 fully saturated rings. The van der Waals surface area contributed by atoms with E-state index in [0.29, 0.717) is 11.3 Å². The van der Waals surface area contributed by atoms with Crippen LogP contribution in [-0.4, -0.2) is 31.1 Å². The molecular weight excluding hydrogens is 392 g/mol. The Bertz CT molecular complexity index is 1100. The van der Waals surface area contributed by atoms with E-state index in [1.807, 2.05) is 19.1 Å². The number of carbonyl (C=O) groups is 1. The second-order valence-corrected chi connectivity index (χ2v) is 8.36. The number of piperidine rings is 1. The first kappa shape index (κ1) is 21.1. The second kappa shape index (κ2) is 9.35. The van der Waals surface area contributed by atoms with E-state index in [1.54, 1.807) is 24.0 Å². The molecule has 0 spiro atoms. The predicted octanol–water partition coefficient (Wildman–Crippen LogP) is 2.23. The van der Waals surface area contributed by atoms with Crippen molar-refractivity contribution < 1.29 is 18.8 Å². The summed E-state index contributed by atoms with van der Waals surface area (Å²) in [4.78, 5) is 25.8. The molecule has 2 heterocycles. The average molecular weight is 422 g/mol. The molecule has 6 heteroatoms. The van der Waals surface area contributed by atoms with Crippen molar-refractivity contribution >= 4 is 16.9 Å². The highest BCUT2D eigenvalue weighted by Crippen LogP contribution is 2.23. The third-order valence-corrected chi connectivity index (χ3v) is 5.94. The Morgan fingerprint density at radius 2 is 1.90 bits per heavy atom. The molecular formula is C25H29N2O4+. The van der Waals surface area contributed by atoms with Crippen LogP contribution in [0, 0.1) is 6.92 Å². The van der Waals surface area contributed by atoms with E-state index in [4.69, 9.17) is 9.15 Å². The molecule has 162 valence electrons. The lowest BCUT2D eigenvalue weighted by Gasteiger charge is -2.30. The van der Waals surface area contributed by atoms with Crippen LogP contribution < -0.4 is 20.6 Å². The largest absolute Gasteiger partial charge is 0.481 e. The maximum Gasteiger partial charge on any atom is 0.336 e. The van der Waals surface area contributed by atoms with Gasteiger partial charge in [-0.1, -0.05) is 30.3 Å². The van der Waals surface area contributed by atoms with E-state index in [-0.39, 0.29) is 11.9 Å². The minimum Gasteiger partial charge on any atom is -0.481 e. The number of nitrogens with one attached hydrogen (secondary N) is 2. The molecule has 1 amide bonds. The van der Waals surface area contributed by atoms with Gasteiger partial charge in [-0.15, -0.1) is 0 Å². The fraction of sp³-hybridized carbons (Fsp3) is 0.360. The van der Waals surface area contributed by atoms with Gasteiger partial charge in [0.15, 0.2) is 6.10 Å². The molecule has 0 unspecified atom stereocenters. The lowest BCUT2D eigenvalue weighted by molar-refractivity contribution is -0.918. The average Bonchev–Trinajstić information content (AvgIpc) is 2.75. The fourth-order valence-corrected chi connectivity index (χ4v) is 4.19. The first-order valence-electron chi connectivity index (χ1n) is 10.9. The summed E-state index contributed by atoms with van der Waals surface area (Å²) in [6.45, 7) is 6.71. The number of aryl methyl sites for hydroxylation is 1. The molecule has 0 aliphatic carbocycles. The Morgan fingerprint density at radius 3 is 2.65 bits per heavy atom. The minimum absolute atomic E-state index is 0.123. The second-order valence-electron chi connectivity index (χ2n) is 8.36. The molecule has 0 saturated carbocycles. The van der Waals surface area contributed by atoms with Gasteiger partial charge in [0.1, 0.15) is 17.9 Å². The van der Waals surface area contributed by atoms with Crippen molar-refractivity contribution in [1.82, 2.24) is 5.32 Å². The molecule has 2 N–H and O–H groups in total. The molecule has 6 nitrogen and oxygen atoms in total. The fourth-order valence-electron chi connectivity index (χ4n) is 4.19. The number of hydrogen-bond acceptors (Lipinski definition) is 4. The number of rotatable bonds is 6. The molecule has 31 heavy (non-hydrogen) atoms. The molecule has 1 aliphatic heterocycles. The highest BCUT2D eigenvalue weighted by Gasteiger charge is 2.25. The van der Waals surface area contributed by atoms with E-state index in [9.17, 15) is 9.59 Å². The van der Waals surface area contributed by atoms with E-state index >= 15 is 0 Å². The number of amides is 1. The van der Waals surface area contributed by atoms with Gasteiger partial charge in [0.05, 0.1) is 13.1 Å². The van der Waals surface area contributed by atoms with E-state index in [1.165, 1.54) is 11.6 Å². The summed E-state index contributed by atoms with van der Waals surface area (Å²) in [5, 5.41) is 3.98. The van der Waals surface area contributed by atoms with Gasteiger partial charge in [0.25, 0.3) is 5.91 Å². The lowest BCUT2D eigenvalue weighted by atomic mass is 10.0. The van der Waals surface area contributed by atoms with Gasteiger partial charge in [0, 0.05) is 42.0 Å². The van der Waals surface area contributed by atoms with E-state index < -0.39 is 11.7 Å². The van der Waals surface area contributed by atoms with Gasteiger partial charge in [0.2, 0.25) is 0 Å². The number of fused-ring (bicyclic) bond motifs is 1. The summed E-state index contributed by atoms with van der Waals surface area (Å²) >= 11 is 0. The lowest BCUT2D eigenvalue weighted by Crippen LogP contribution is -3.12. The number of carbonyl (C=O) groups excluding carboxylic acids is 1. The Kier molecular flexibility index (Phi) is 6.37. The summed E-state index contributed by atoms with van der Waals surface area (Å²) in [6, 6.07) is 17.5. The van der Waals surface area contributed by atoms with Crippen LogP contribution in [0.25, 0.3) is 11.0 Å². The summed E-state index contributed by atoms with van der Waals surface area (Å²) in [7, 11) is 0. The van der Waals surface area contributed by atoms with Gasteiger partial charge in [-0.05, 0) is 31.5 Å². The number of likely N-dealkylation sites (tertiary alicyclic amines) is 1. The number of ether oxygens (including phenoxy) is 1. The smallest absolute Gasteiger partial charge is 0.336 e. The first-order chi connectivity index (χ1) is 15.0. The normalized spacial score (nSPS) is 19.7. The molecule has 1 aromatic heterocycles. The van der Waals surface area contributed by atoms with E-state index in [2.05, 4.69) is 29.6 Å². The number of hydrogen-bond donors (Lipinski definition) is 2. The van der Waals surface area contributed by atoms with Crippen LogP contribution in [0.5, 0.6) is 5.75 Å². The van der Waals surface area contributed by atoms with Crippen LogP contribution in [0.4, 0.5) is 0 Å². The molecule has 0 bridgehead atoms. The quantitative estimate of drug-likeness (QED) is 0.599. The standard InChI is InChI=1S/C25H28N2O4/c1-17-14-24(28)31-23-15-21(8-9-22(17)23)30-18(2)25(29)26-20-10-12-27(13-11-20)16-19-6-4-3-5-7-19/h3-9,14-15,18,20H,10-13,16H2,1-2H3,(H,26,29)/p+1/t18-/m1/s1. The van der Waals surface area contributed by atoms with Crippen molar-refractivity contribution in [3.05, 3.63) is 76.1 Å². The van der Waals surface area contributed by atoms with Crippen LogP contribution in [0.2, 0.25) is 0 Å². The Hall–Kier alpha value is -3.12. The van der Waals surface area contributed by atoms with E-state index in [0.717, 1.165) is 43.4 Å². The van der Waals surface area contributed by atoms with Crippen LogP contribution in [0.1, 0.15) is 30.9 Å². The molecule has 1 saturated heterocycles. The summed E-state index contributed by atoms with van der Waals surface area (Å²) in [6.07, 6.45) is 1.28. The van der Waals surface area contributed by atoms with Gasteiger partial charge >= 0.3 is 5.63 Å². The monoisotopic (exact) mass is 421 g/mol. The predicted molar refractivity (Wildman–Crippen MR) is 119 cm³/mol. The molecule has 3 aromatic rings. The Balaban J connectivity index is 1.29. The summed E-state index contributed by atoms with van der Waals surface area (Å²) in [5.74, 6) is 0.383. The van der Waals surface area contributed by atoms with Crippen molar-refractivity contribution in [1.29, 1.82) is 0 Å².